The molecule has 9 rings (SSSR count). The monoisotopic (exact) mass is 561 g/mol. The Balaban J connectivity index is 1.11. The van der Waals surface area contributed by atoms with Crippen molar-refractivity contribution in [2.75, 3.05) is 0 Å². The molecule has 1 nitrogen and oxygen atoms in total. The molecular weight excluding hydrogens is 539 g/mol. The van der Waals surface area contributed by atoms with Crippen LogP contribution in [0.3, 0.4) is 0 Å². The van der Waals surface area contributed by atoms with E-state index in [4.69, 9.17) is 0 Å². The van der Waals surface area contributed by atoms with Crippen molar-refractivity contribution in [3.05, 3.63) is 145 Å². The molecule has 198 valence electrons. The zero-order valence-corrected chi connectivity index (χ0v) is 24.0. The van der Waals surface area contributed by atoms with E-state index >= 15 is 0 Å². The maximum atomic E-state index is 9.40. The maximum Gasteiger partial charge on any atom is 0.0991 e. The van der Waals surface area contributed by atoms with Gasteiger partial charge in [-0.2, -0.15) is 5.26 Å². The van der Waals surface area contributed by atoms with Crippen LogP contribution in [0.25, 0.3) is 85.9 Å². The zero-order chi connectivity index (χ0) is 28.5. The van der Waals surface area contributed by atoms with Crippen molar-refractivity contribution in [2.45, 2.75) is 0 Å². The lowest BCUT2D eigenvalue weighted by atomic mass is 9.89. The molecule has 0 aliphatic rings. The highest BCUT2D eigenvalue weighted by molar-refractivity contribution is 7.25. The van der Waals surface area contributed by atoms with Crippen LogP contribution in [0, 0.1) is 11.3 Å². The van der Waals surface area contributed by atoms with Gasteiger partial charge in [0.2, 0.25) is 0 Å². The van der Waals surface area contributed by atoms with Crippen LogP contribution in [0.15, 0.2) is 140 Å². The lowest BCUT2D eigenvalue weighted by molar-refractivity contribution is 1.50. The third-order valence-electron chi connectivity index (χ3n) is 8.79. The highest BCUT2D eigenvalue weighted by atomic mass is 32.1. The summed E-state index contributed by atoms with van der Waals surface area (Å²) in [6.45, 7) is 0. The number of nitrogens with zero attached hydrogens (tertiary/aromatic N) is 1. The zero-order valence-electron chi connectivity index (χ0n) is 23.1. The standard InChI is InChI=1S/C41H23NS/c42-24-25-6-16-38-36(18-25)37-23-29(15-17-39(37)43-38)27-7-9-28(10-8-27)35-21-32-13-11-30-19-34(26-4-2-1-3-5-26)20-31-12-14-33(22-35)41(32)40(30)31/h1-23H. The van der Waals surface area contributed by atoms with Crippen LogP contribution in [-0.4, -0.2) is 0 Å². The van der Waals surface area contributed by atoms with Crippen LogP contribution < -0.4 is 0 Å². The molecule has 0 unspecified atom stereocenters. The summed E-state index contributed by atoms with van der Waals surface area (Å²) >= 11 is 1.78. The Bertz CT molecular complexity index is 2480. The summed E-state index contributed by atoms with van der Waals surface area (Å²) in [6.07, 6.45) is 0. The number of hydrogen-bond donors (Lipinski definition) is 0. The van der Waals surface area contributed by atoms with Gasteiger partial charge in [-0.15, -0.1) is 11.3 Å². The van der Waals surface area contributed by atoms with E-state index in [0.29, 0.717) is 5.56 Å². The highest BCUT2D eigenvalue weighted by Crippen LogP contribution is 2.40. The minimum absolute atomic E-state index is 0.701. The van der Waals surface area contributed by atoms with E-state index in [1.54, 1.807) is 11.3 Å². The smallest absolute Gasteiger partial charge is 0.0991 e. The summed E-state index contributed by atoms with van der Waals surface area (Å²) in [5.41, 5.74) is 8.01. The van der Waals surface area contributed by atoms with Gasteiger partial charge in [0.15, 0.2) is 0 Å². The fourth-order valence-corrected chi connectivity index (χ4v) is 7.75. The molecule has 0 saturated carbocycles. The Morgan fingerprint density at radius 1 is 0.395 bits per heavy atom. The molecule has 1 aromatic heterocycles. The van der Waals surface area contributed by atoms with E-state index in [9.17, 15) is 5.26 Å². The van der Waals surface area contributed by atoms with Crippen molar-refractivity contribution in [1.29, 1.82) is 5.26 Å². The minimum atomic E-state index is 0.701. The average molecular weight is 562 g/mol. The normalized spacial score (nSPS) is 11.7. The van der Waals surface area contributed by atoms with Gasteiger partial charge in [-0.1, -0.05) is 84.9 Å². The molecule has 43 heavy (non-hydrogen) atoms. The lowest BCUT2D eigenvalue weighted by Gasteiger charge is -2.15. The summed E-state index contributed by atoms with van der Waals surface area (Å²) < 4.78 is 2.46. The first-order valence-corrected chi connectivity index (χ1v) is 15.3. The number of thiophene rings is 1. The Kier molecular flexibility index (Phi) is 5.20. The van der Waals surface area contributed by atoms with E-state index in [2.05, 4.69) is 133 Å². The van der Waals surface area contributed by atoms with Gasteiger partial charge >= 0.3 is 0 Å². The second-order valence-electron chi connectivity index (χ2n) is 11.3. The second-order valence-corrected chi connectivity index (χ2v) is 12.4. The molecule has 0 N–H and O–H groups in total. The molecule has 0 aliphatic carbocycles. The van der Waals surface area contributed by atoms with Crippen molar-refractivity contribution in [3.63, 3.8) is 0 Å². The molecule has 0 fully saturated rings. The van der Waals surface area contributed by atoms with Crippen LogP contribution in [0.4, 0.5) is 0 Å². The summed E-state index contributed by atoms with van der Waals surface area (Å²) in [5.74, 6) is 0. The third-order valence-corrected chi connectivity index (χ3v) is 9.94. The Hall–Kier alpha value is -5.49. The highest BCUT2D eigenvalue weighted by Gasteiger charge is 2.13. The topological polar surface area (TPSA) is 23.8 Å². The van der Waals surface area contributed by atoms with Crippen LogP contribution in [0.5, 0.6) is 0 Å². The summed E-state index contributed by atoms with van der Waals surface area (Å²) in [7, 11) is 0. The van der Waals surface area contributed by atoms with Crippen molar-refractivity contribution in [2.24, 2.45) is 0 Å². The molecule has 1 heterocycles. The fourth-order valence-electron chi connectivity index (χ4n) is 6.68. The van der Waals surface area contributed by atoms with Crippen molar-refractivity contribution >= 4 is 63.8 Å². The Morgan fingerprint density at radius 2 is 0.860 bits per heavy atom. The van der Waals surface area contributed by atoms with Gasteiger partial charge in [0.1, 0.15) is 0 Å². The molecule has 0 atom stereocenters. The van der Waals surface area contributed by atoms with E-state index in [0.717, 1.165) is 5.39 Å². The molecule has 0 radical (unpaired) electrons. The van der Waals surface area contributed by atoms with Crippen molar-refractivity contribution in [3.8, 4) is 39.4 Å². The lowest BCUT2D eigenvalue weighted by Crippen LogP contribution is -1.88. The first-order chi connectivity index (χ1) is 21.2. The van der Waals surface area contributed by atoms with E-state index in [1.807, 2.05) is 12.1 Å². The first-order valence-electron chi connectivity index (χ1n) is 14.5. The molecule has 0 aliphatic heterocycles. The number of hydrogen-bond acceptors (Lipinski definition) is 2. The first kappa shape index (κ1) is 24.1. The Morgan fingerprint density at radius 3 is 1.42 bits per heavy atom. The van der Waals surface area contributed by atoms with Crippen molar-refractivity contribution in [1.82, 2.24) is 0 Å². The average Bonchev–Trinajstić information content (AvgIpc) is 3.44. The molecule has 0 amide bonds. The second kappa shape index (κ2) is 9.26. The van der Waals surface area contributed by atoms with Crippen LogP contribution in [0.2, 0.25) is 0 Å². The van der Waals surface area contributed by atoms with Crippen LogP contribution in [0.1, 0.15) is 5.56 Å². The molecule has 0 bridgehead atoms. The molecule has 0 saturated heterocycles. The summed E-state index contributed by atoms with van der Waals surface area (Å²) in [4.78, 5) is 0. The van der Waals surface area contributed by atoms with Crippen molar-refractivity contribution < 1.29 is 0 Å². The summed E-state index contributed by atoms with van der Waals surface area (Å²) in [5, 5.41) is 19.6. The number of fused-ring (bicyclic) bond motifs is 3. The van der Waals surface area contributed by atoms with E-state index in [1.165, 1.54) is 80.5 Å². The van der Waals surface area contributed by atoms with Gasteiger partial charge in [0.25, 0.3) is 0 Å². The van der Waals surface area contributed by atoms with Crippen LogP contribution >= 0.6 is 11.3 Å². The predicted octanol–water partition coefficient (Wildman–Crippen LogP) is 11.8. The molecule has 0 spiro atoms. The number of rotatable bonds is 3. The number of nitriles is 1. The fraction of sp³-hybridized carbons (Fsp3) is 0. The Labute approximate surface area is 252 Å². The predicted molar refractivity (Wildman–Crippen MR) is 184 cm³/mol. The molecule has 9 aromatic rings. The van der Waals surface area contributed by atoms with E-state index in [-0.39, 0.29) is 0 Å². The SMILES string of the molecule is N#Cc1ccc2sc3ccc(-c4ccc(-c5cc6ccc7cc(-c8ccccc8)cc8ccc(c5)c6c78)cc4)cc3c2c1. The van der Waals surface area contributed by atoms with Gasteiger partial charge in [-0.25, -0.2) is 0 Å². The quantitative estimate of drug-likeness (QED) is 0.197. The molecule has 2 heteroatoms. The van der Waals surface area contributed by atoms with Gasteiger partial charge in [0, 0.05) is 20.2 Å². The van der Waals surface area contributed by atoms with E-state index < -0.39 is 0 Å². The summed E-state index contributed by atoms with van der Waals surface area (Å²) in [6, 6.07) is 52.9. The maximum absolute atomic E-state index is 9.40. The minimum Gasteiger partial charge on any atom is -0.192 e. The van der Waals surface area contributed by atoms with Crippen LogP contribution in [-0.2, 0) is 0 Å². The van der Waals surface area contributed by atoms with Gasteiger partial charge in [-0.3, -0.25) is 0 Å². The van der Waals surface area contributed by atoms with Gasteiger partial charge in [-0.05, 0) is 120 Å². The van der Waals surface area contributed by atoms with Gasteiger partial charge < -0.3 is 0 Å². The molecular formula is C41H23NS. The van der Waals surface area contributed by atoms with Gasteiger partial charge in [0.05, 0.1) is 11.6 Å². The third kappa shape index (κ3) is 3.83. The molecule has 8 aromatic carbocycles. The largest absolute Gasteiger partial charge is 0.192 e. The number of benzene rings is 8.